The van der Waals surface area contributed by atoms with Gasteiger partial charge in [-0.3, -0.25) is 9.36 Å². The van der Waals surface area contributed by atoms with E-state index < -0.39 is 5.60 Å². The van der Waals surface area contributed by atoms with Gasteiger partial charge in [0, 0.05) is 23.8 Å². The van der Waals surface area contributed by atoms with Crippen molar-refractivity contribution in [2.24, 2.45) is 5.92 Å². The molecule has 2 aromatic rings. The number of nitrogens with two attached hydrogens (primary N) is 1. The van der Waals surface area contributed by atoms with Crippen LogP contribution in [0.2, 0.25) is 0 Å². The van der Waals surface area contributed by atoms with Crippen LogP contribution < -0.4 is 16.6 Å². The molecule has 2 aliphatic carbocycles. The first-order valence-corrected chi connectivity index (χ1v) is 10.4. The normalized spacial score (nSPS) is 23.6. The maximum Gasteiger partial charge on any atom is 0.257 e. The molecule has 0 spiro atoms. The van der Waals surface area contributed by atoms with Crippen molar-refractivity contribution in [2.75, 3.05) is 11.1 Å². The zero-order valence-corrected chi connectivity index (χ0v) is 17.0. The summed E-state index contributed by atoms with van der Waals surface area (Å²) >= 11 is 0. The average Bonchev–Trinajstić information content (AvgIpc) is 2.61. The molecule has 4 rings (SSSR count). The highest BCUT2D eigenvalue weighted by molar-refractivity contribution is 5.89. The number of nitrogens with zero attached hydrogens (tertiary/aromatic N) is 3. The lowest BCUT2D eigenvalue weighted by Crippen LogP contribution is -2.37. The van der Waals surface area contributed by atoms with Crippen molar-refractivity contribution in [1.82, 2.24) is 14.5 Å². The maximum atomic E-state index is 12.8. The molecule has 0 unspecified atom stereocenters. The van der Waals surface area contributed by atoms with Gasteiger partial charge in [-0.1, -0.05) is 0 Å². The smallest absolute Gasteiger partial charge is 0.257 e. The summed E-state index contributed by atoms with van der Waals surface area (Å²) in [5, 5.41) is 14.4. The van der Waals surface area contributed by atoms with E-state index in [1.165, 1.54) is 0 Å². The largest absolute Gasteiger partial charge is 0.398 e. The lowest BCUT2D eigenvalue weighted by molar-refractivity contribution is -0.000413. The first kappa shape index (κ1) is 19.2. The van der Waals surface area contributed by atoms with Gasteiger partial charge in [0.05, 0.1) is 16.7 Å². The van der Waals surface area contributed by atoms with Gasteiger partial charge in [0.2, 0.25) is 5.95 Å². The monoisotopic (exact) mass is 385 g/mol. The Hall–Kier alpha value is -2.15. The van der Waals surface area contributed by atoms with Crippen LogP contribution >= 0.6 is 0 Å². The fourth-order valence-electron chi connectivity index (χ4n) is 4.52. The summed E-state index contributed by atoms with van der Waals surface area (Å²) in [6.45, 7) is 5.56. The van der Waals surface area contributed by atoms with Crippen LogP contribution in [0.3, 0.4) is 0 Å². The number of fused-ring (bicyclic) bond motifs is 1. The van der Waals surface area contributed by atoms with Crippen LogP contribution in [0.4, 0.5) is 11.6 Å². The third kappa shape index (κ3) is 3.36. The van der Waals surface area contributed by atoms with Gasteiger partial charge in [-0.2, -0.15) is 4.98 Å². The average molecular weight is 386 g/mol. The molecule has 0 saturated heterocycles. The van der Waals surface area contributed by atoms with Gasteiger partial charge in [-0.05, 0) is 71.6 Å². The fourth-order valence-corrected chi connectivity index (χ4v) is 4.52. The van der Waals surface area contributed by atoms with Crippen molar-refractivity contribution >= 4 is 22.7 Å². The van der Waals surface area contributed by atoms with Gasteiger partial charge in [-0.15, -0.1) is 0 Å². The highest BCUT2D eigenvalue weighted by Gasteiger charge is 2.31. The number of rotatable bonds is 4. The van der Waals surface area contributed by atoms with Crippen LogP contribution in [-0.4, -0.2) is 31.3 Å². The molecule has 0 aromatic carbocycles. The predicted octanol–water partition coefficient (Wildman–Crippen LogP) is 3.15. The Morgan fingerprint density at radius 2 is 1.89 bits per heavy atom. The minimum Gasteiger partial charge on any atom is -0.398 e. The van der Waals surface area contributed by atoms with Gasteiger partial charge in [0.25, 0.3) is 5.56 Å². The van der Waals surface area contributed by atoms with Gasteiger partial charge in [0.15, 0.2) is 5.65 Å². The maximum absolute atomic E-state index is 12.8. The van der Waals surface area contributed by atoms with Crippen molar-refractivity contribution in [2.45, 2.75) is 83.4 Å². The molecule has 0 radical (unpaired) electrons. The molecule has 7 nitrogen and oxygen atoms in total. The third-order valence-electron chi connectivity index (χ3n) is 6.73. The van der Waals surface area contributed by atoms with Crippen LogP contribution in [0.5, 0.6) is 0 Å². The Morgan fingerprint density at radius 1 is 1.21 bits per heavy atom. The van der Waals surface area contributed by atoms with Gasteiger partial charge in [0.1, 0.15) is 0 Å². The summed E-state index contributed by atoms with van der Waals surface area (Å²) in [6, 6.07) is 0.488. The second-order valence-corrected chi connectivity index (χ2v) is 9.08. The molecule has 2 heterocycles. The fraction of sp³-hybridized carbons (Fsp3) is 0.667. The van der Waals surface area contributed by atoms with Crippen LogP contribution in [0, 0.1) is 12.8 Å². The molecule has 2 aromatic heterocycles. The molecule has 2 fully saturated rings. The molecular weight excluding hydrogens is 354 g/mol. The third-order valence-corrected chi connectivity index (χ3v) is 6.73. The number of hydrogen-bond donors (Lipinski definition) is 3. The molecule has 0 aliphatic heterocycles. The minimum absolute atomic E-state index is 0.0370. The van der Waals surface area contributed by atoms with E-state index >= 15 is 0 Å². The van der Waals surface area contributed by atoms with Crippen LogP contribution in [0.15, 0.2) is 11.0 Å². The quantitative estimate of drug-likeness (QED) is 0.746. The first-order chi connectivity index (χ1) is 13.3. The first-order valence-electron chi connectivity index (χ1n) is 10.4. The summed E-state index contributed by atoms with van der Waals surface area (Å²) in [7, 11) is 0. The lowest BCUT2D eigenvalue weighted by atomic mass is 9.77. The van der Waals surface area contributed by atoms with Crippen molar-refractivity contribution in [1.29, 1.82) is 0 Å². The summed E-state index contributed by atoms with van der Waals surface area (Å²) in [5.41, 5.74) is 7.23. The van der Waals surface area contributed by atoms with Crippen LogP contribution in [0.1, 0.15) is 70.4 Å². The Bertz CT molecular complexity index is 934. The molecule has 0 atom stereocenters. The second-order valence-electron chi connectivity index (χ2n) is 9.08. The Balaban J connectivity index is 1.61. The van der Waals surface area contributed by atoms with E-state index in [1.54, 1.807) is 13.1 Å². The molecule has 4 N–H and O–H groups in total. The highest BCUT2D eigenvalue weighted by atomic mass is 16.3. The van der Waals surface area contributed by atoms with E-state index in [4.69, 9.17) is 10.7 Å². The lowest BCUT2D eigenvalue weighted by Gasteiger charge is -2.36. The van der Waals surface area contributed by atoms with Gasteiger partial charge in [-0.25, -0.2) is 4.98 Å². The SMILES string of the molecule is Cc1c(N)c2cnc(NC3CCC(C(C)(C)O)CC3)nc2n(C2CCC2)c1=O. The minimum atomic E-state index is -0.626. The van der Waals surface area contributed by atoms with Gasteiger partial charge < -0.3 is 16.2 Å². The van der Waals surface area contributed by atoms with E-state index in [1.807, 2.05) is 18.4 Å². The summed E-state index contributed by atoms with van der Waals surface area (Å²) in [4.78, 5) is 22.0. The molecule has 7 heteroatoms. The molecule has 0 bridgehead atoms. The van der Waals surface area contributed by atoms with Crippen molar-refractivity contribution in [3.63, 3.8) is 0 Å². The Labute approximate surface area is 165 Å². The summed E-state index contributed by atoms with van der Waals surface area (Å²) < 4.78 is 1.82. The highest BCUT2D eigenvalue weighted by Crippen LogP contribution is 2.35. The molecular formula is C21H31N5O2. The van der Waals surface area contributed by atoms with Crippen LogP contribution in [0.25, 0.3) is 11.0 Å². The number of aliphatic hydroxyl groups is 1. The van der Waals surface area contributed by atoms with E-state index in [0.717, 1.165) is 50.3 Å². The molecule has 0 amide bonds. The summed E-state index contributed by atoms with van der Waals surface area (Å²) in [5.74, 6) is 0.879. The Morgan fingerprint density at radius 3 is 2.46 bits per heavy atom. The number of anilines is 2. The predicted molar refractivity (Wildman–Crippen MR) is 112 cm³/mol. The van der Waals surface area contributed by atoms with E-state index in [0.29, 0.717) is 28.8 Å². The summed E-state index contributed by atoms with van der Waals surface area (Å²) in [6.07, 6.45) is 8.80. The van der Waals surface area contributed by atoms with E-state index in [2.05, 4.69) is 10.3 Å². The number of nitrogens with one attached hydrogen (secondary N) is 1. The topological polar surface area (TPSA) is 106 Å². The van der Waals surface area contributed by atoms with Gasteiger partial charge >= 0.3 is 0 Å². The number of hydrogen-bond acceptors (Lipinski definition) is 6. The zero-order chi connectivity index (χ0) is 20.1. The number of pyridine rings is 1. The molecule has 2 saturated carbocycles. The standard InChI is InChI=1S/C21H31N5O2/c1-12-17(22)16-11-23-20(24-14-9-7-13(8-10-14)21(2,3)28)25-18(16)26(19(12)27)15-5-4-6-15/h11,13-15,28H,4-10,22H2,1-3H3,(H,23,24,25). The molecule has 2 aliphatic rings. The van der Waals surface area contributed by atoms with Crippen molar-refractivity contribution in [3.8, 4) is 0 Å². The number of aromatic nitrogens is 3. The van der Waals surface area contributed by atoms with Crippen molar-refractivity contribution < 1.29 is 5.11 Å². The molecule has 28 heavy (non-hydrogen) atoms. The van der Waals surface area contributed by atoms with E-state index in [9.17, 15) is 9.90 Å². The zero-order valence-electron chi connectivity index (χ0n) is 17.0. The number of nitrogen functional groups attached to an aromatic ring is 1. The second kappa shape index (κ2) is 7.03. The Kier molecular flexibility index (Phi) is 4.81. The van der Waals surface area contributed by atoms with E-state index in [-0.39, 0.29) is 17.6 Å². The molecule has 152 valence electrons. The van der Waals surface area contributed by atoms with Crippen LogP contribution in [-0.2, 0) is 0 Å². The van der Waals surface area contributed by atoms with Crippen molar-refractivity contribution in [3.05, 3.63) is 22.1 Å².